The van der Waals surface area contributed by atoms with Crippen LogP contribution in [0.15, 0.2) is 34.0 Å². The molecule has 1 aromatic heterocycles. The Hall–Kier alpha value is -1.97. The average Bonchev–Trinajstić information content (AvgIpc) is 2.42. The average molecular weight is 177 g/mol. The third-order valence-corrected chi connectivity index (χ3v) is 1.75. The van der Waals surface area contributed by atoms with Crippen molar-refractivity contribution < 1.29 is 9.52 Å². The molecule has 0 bridgehead atoms. The molecule has 0 amide bonds. The third-order valence-electron chi connectivity index (χ3n) is 1.75. The van der Waals surface area contributed by atoms with Crippen LogP contribution in [0, 0.1) is 0 Å². The van der Waals surface area contributed by atoms with E-state index in [1.54, 1.807) is 18.2 Å². The summed E-state index contributed by atoms with van der Waals surface area (Å²) < 4.78 is 4.80. The Morgan fingerprint density at radius 2 is 2.31 bits per heavy atom. The van der Waals surface area contributed by atoms with Gasteiger partial charge in [-0.1, -0.05) is 6.58 Å². The van der Waals surface area contributed by atoms with E-state index in [1.165, 1.54) is 0 Å². The summed E-state index contributed by atoms with van der Waals surface area (Å²) in [5.41, 5.74) is 1.56. The molecule has 13 heavy (non-hydrogen) atoms. The van der Waals surface area contributed by atoms with E-state index in [-0.39, 0.29) is 5.76 Å². The fraction of sp³-hybridized carbons (Fsp3) is 0. The first-order valence-corrected chi connectivity index (χ1v) is 3.68. The van der Waals surface area contributed by atoms with E-state index < -0.39 is 5.76 Å². The van der Waals surface area contributed by atoms with Crippen molar-refractivity contribution in [2.24, 2.45) is 0 Å². The third kappa shape index (κ3) is 1.22. The number of nitrogens with one attached hydrogen (secondary N) is 1. The number of aliphatic hydroxyl groups excluding tert-OH is 1. The lowest BCUT2D eigenvalue weighted by Gasteiger charge is -1.95. The zero-order valence-corrected chi connectivity index (χ0v) is 6.70. The summed E-state index contributed by atoms with van der Waals surface area (Å²) in [5.74, 6) is -0.554. The van der Waals surface area contributed by atoms with E-state index >= 15 is 0 Å². The summed E-state index contributed by atoms with van der Waals surface area (Å²) in [6.07, 6.45) is 0. The molecule has 2 rings (SSSR count). The van der Waals surface area contributed by atoms with Crippen LogP contribution in [0.4, 0.5) is 0 Å². The molecule has 0 radical (unpaired) electrons. The molecule has 66 valence electrons. The standard InChI is InChI=1S/C9H7NO3/c1-5(11)6-2-3-7-8(4-6)13-9(12)10-7/h2-4,11H,1H2,(H,10,12). The first-order valence-electron chi connectivity index (χ1n) is 3.68. The van der Waals surface area contributed by atoms with Crippen molar-refractivity contribution in [1.82, 2.24) is 4.98 Å². The number of hydrogen-bond acceptors (Lipinski definition) is 3. The van der Waals surface area contributed by atoms with E-state index in [0.717, 1.165) is 0 Å². The van der Waals surface area contributed by atoms with Crippen LogP contribution in [0.1, 0.15) is 5.56 Å². The van der Waals surface area contributed by atoms with Crippen LogP contribution in [-0.2, 0) is 0 Å². The lowest BCUT2D eigenvalue weighted by atomic mass is 10.2. The Kier molecular flexibility index (Phi) is 1.48. The number of aromatic amines is 1. The van der Waals surface area contributed by atoms with Crippen LogP contribution >= 0.6 is 0 Å². The molecule has 1 aromatic carbocycles. The van der Waals surface area contributed by atoms with E-state index in [4.69, 9.17) is 9.52 Å². The number of rotatable bonds is 1. The van der Waals surface area contributed by atoms with Crippen LogP contribution in [0.3, 0.4) is 0 Å². The van der Waals surface area contributed by atoms with E-state index in [1.807, 2.05) is 0 Å². The largest absolute Gasteiger partial charge is 0.508 e. The summed E-state index contributed by atoms with van der Waals surface area (Å²) in [5, 5.41) is 9.07. The highest BCUT2D eigenvalue weighted by molar-refractivity contribution is 5.76. The molecule has 0 aliphatic carbocycles. The molecule has 0 fully saturated rings. The quantitative estimate of drug-likeness (QED) is 0.651. The van der Waals surface area contributed by atoms with Gasteiger partial charge in [0.2, 0.25) is 0 Å². The molecule has 0 unspecified atom stereocenters. The van der Waals surface area contributed by atoms with Gasteiger partial charge in [0.15, 0.2) is 5.58 Å². The van der Waals surface area contributed by atoms with Crippen molar-refractivity contribution in [2.45, 2.75) is 0 Å². The molecule has 1 heterocycles. The second-order valence-electron chi connectivity index (χ2n) is 2.67. The lowest BCUT2D eigenvalue weighted by molar-refractivity contribution is 0.513. The Bertz CT molecular complexity index is 521. The Balaban J connectivity index is 2.74. The molecule has 0 saturated carbocycles. The predicted octanol–water partition coefficient (Wildman–Crippen LogP) is 1.65. The smallest absolute Gasteiger partial charge is 0.417 e. The van der Waals surface area contributed by atoms with Crippen LogP contribution in [0.25, 0.3) is 16.9 Å². The summed E-state index contributed by atoms with van der Waals surface area (Å²) in [6.45, 7) is 3.36. The van der Waals surface area contributed by atoms with Crippen LogP contribution in [-0.4, -0.2) is 10.1 Å². The molecule has 0 atom stereocenters. The Morgan fingerprint density at radius 3 is 3.00 bits per heavy atom. The number of oxazole rings is 1. The van der Waals surface area contributed by atoms with E-state index in [0.29, 0.717) is 16.7 Å². The highest BCUT2D eigenvalue weighted by atomic mass is 16.4. The summed E-state index contributed by atoms with van der Waals surface area (Å²) >= 11 is 0. The molecule has 4 heteroatoms. The van der Waals surface area contributed by atoms with Crippen LogP contribution in [0.2, 0.25) is 0 Å². The van der Waals surface area contributed by atoms with Gasteiger partial charge in [-0.3, -0.25) is 4.98 Å². The van der Waals surface area contributed by atoms with Gasteiger partial charge in [-0.25, -0.2) is 4.79 Å². The fourth-order valence-electron chi connectivity index (χ4n) is 1.12. The van der Waals surface area contributed by atoms with E-state index in [2.05, 4.69) is 11.6 Å². The molecule has 0 aliphatic heterocycles. The van der Waals surface area contributed by atoms with Gasteiger partial charge in [-0.15, -0.1) is 0 Å². The van der Waals surface area contributed by atoms with Crippen molar-refractivity contribution in [3.05, 3.63) is 40.9 Å². The Morgan fingerprint density at radius 1 is 1.54 bits per heavy atom. The van der Waals surface area contributed by atoms with Crippen molar-refractivity contribution in [1.29, 1.82) is 0 Å². The van der Waals surface area contributed by atoms with Gasteiger partial charge in [0.25, 0.3) is 0 Å². The minimum atomic E-state index is -0.504. The molecule has 0 saturated heterocycles. The van der Waals surface area contributed by atoms with Gasteiger partial charge < -0.3 is 9.52 Å². The minimum absolute atomic E-state index is 0.0502. The summed E-state index contributed by atoms with van der Waals surface area (Å²) in [6, 6.07) is 4.85. The zero-order valence-electron chi connectivity index (χ0n) is 6.70. The molecular formula is C9H7NO3. The number of aliphatic hydroxyl groups is 1. The second-order valence-corrected chi connectivity index (χ2v) is 2.67. The van der Waals surface area contributed by atoms with E-state index in [9.17, 15) is 4.79 Å². The second kappa shape index (κ2) is 2.52. The summed E-state index contributed by atoms with van der Waals surface area (Å²) in [4.78, 5) is 13.3. The monoisotopic (exact) mass is 177 g/mol. The maximum atomic E-state index is 10.8. The fourth-order valence-corrected chi connectivity index (χ4v) is 1.12. The number of H-pyrrole nitrogens is 1. The minimum Gasteiger partial charge on any atom is -0.508 e. The van der Waals surface area contributed by atoms with Gasteiger partial charge in [0, 0.05) is 5.56 Å². The predicted molar refractivity (Wildman–Crippen MR) is 48.5 cm³/mol. The Labute approximate surface area is 73.1 Å². The summed E-state index contributed by atoms with van der Waals surface area (Å²) in [7, 11) is 0. The lowest BCUT2D eigenvalue weighted by Crippen LogP contribution is -1.92. The molecular weight excluding hydrogens is 170 g/mol. The van der Waals surface area contributed by atoms with Crippen molar-refractivity contribution >= 4 is 16.9 Å². The van der Waals surface area contributed by atoms with Crippen molar-refractivity contribution in [3.8, 4) is 0 Å². The number of fused-ring (bicyclic) bond motifs is 1. The molecule has 2 aromatic rings. The molecule has 0 aliphatic rings. The van der Waals surface area contributed by atoms with Gasteiger partial charge >= 0.3 is 5.76 Å². The number of aromatic nitrogens is 1. The van der Waals surface area contributed by atoms with Crippen LogP contribution in [0.5, 0.6) is 0 Å². The van der Waals surface area contributed by atoms with Gasteiger partial charge in [-0.05, 0) is 18.2 Å². The van der Waals surface area contributed by atoms with Crippen molar-refractivity contribution in [2.75, 3.05) is 0 Å². The van der Waals surface area contributed by atoms with Gasteiger partial charge in [0.05, 0.1) is 5.52 Å². The molecule has 4 nitrogen and oxygen atoms in total. The first-order chi connectivity index (χ1) is 6.16. The maximum absolute atomic E-state index is 10.8. The number of benzene rings is 1. The zero-order chi connectivity index (χ0) is 9.42. The highest BCUT2D eigenvalue weighted by Crippen LogP contribution is 2.16. The highest BCUT2D eigenvalue weighted by Gasteiger charge is 2.02. The van der Waals surface area contributed by atoms with Gasteiger partial charge in [-0.2, -0.15) is 0 Å². The SMILES string of the molecule is C=C(O)c1ccc2[nH]c(=O)oc2c1. The van der Waals surface area contributed by atoms with Crippen molar-refractivity contribution in [3.63, 3.8) is 0 Å². The molecule has 0 spiro atoms. The topological polar surface area (TPSA) is 66.2 Å². The molecule has 2 N–H and O–H groups in total. The normalized spacial score (nSPS) is 10.5. The first kappa shape index (κ1) is 7.67. The van der Waals surface area contributed by atoms with Crippen LogP contribution < -0.4 is 5.76 Å². The number of hydrogen-bond donors (Lipinski definition) is 2. The maximum Gasteiger partial charge on any atom is 0.417 e. The van der Waals surface area contributed by atoms with Gasteiger partial charge in [0.1, 0.15) is 5.76 Å².